The maximum Gasteiger partial charge on any atom is 0.222 e. The van der Waals surface area contributed by atoms with Gasteiger partial charge in [0.1, 0.15) is 0 Å². The first kappa shape index (κ1) is 22.1. The van der Waals surface area contributed by atoms with E-state index in [2.05, 4.69) is 27.9 Å². The van der Waals surface area contributed by atoms with E-state index in [4.69, 9.17) is 4.74 Å². The smallest absolute Gasteiger partial charge is 0.222 e. The predicted octanol–water partition coefficient (Wildman–Crippen LogP) is 5.10. The summed E-state index contributed by atoms with van der Waals surface area (Å²) in [6, 6.07) is 0. The third-order valence-electron chi connectivity index (χ3n) is 3.32. The Kier molecular flexibility index (Phi) is 11.5. The van der Waals surface area contributed by atoms with Gasteiger partial charge in [0.25, 0.3) is 0 Å². The lowest BCUT2D eigenvalue weighted by Crippen LogP contribution is -2.07. The molecule has 0 N–H and O–H groups in total. The van der Waals surface area contributed by atoms with Crippen LogP contribution in [0.4, 0.5) is 0 Å². The Morgan fingerprint density at radius 1 is 1.21 bits per heavy atom. The topological polar surface area (TPSA) is 43.2 Å². The summed E-state index contributed by atoms with van der Waals surface area (Å²) < 4.78 is 9.94. The summed E-state index contributed by atoms with van der Waals surface area (Å²) in [5.41, 5.74) is 3.81. The summed E-state index contributed by atoms with van der Waals surface area (Å²) in [6.07, 6.45) is 7.71. The molecule has 0 unspecified atom stereocenters. The van der Waals surface area contributed by atoms with Crippen LogP contribution < -0.4 is 0 Å². The third-order valence-corrected chi connectivity index (χ3v) is 3.32. The van der Waals surface area contributed by atoms with E-state index in [-0.39, 0.29) is 0 Å². The van der Waals surface area contributed by atoms with Crippen molar-refractivity contribution in [2.24, 2.45) is 15.9 Å². The SMILES string of the molecule is C=C(C)\C=C/N=C(C)\C(C(=C)C1CC1)=C(\N=C/C)OC.CCOC. The van der Waals surface area contributed by atoms with Gasteiger partial charge in [0, 0.05) is 26.1 Å². The minimum atomic E-state index is 0.539. The standard InChI is InChI=1S/C17H24N2O.C3H8O/c1-7-18-17(20-6)16(13(4)15-8-9-15)14(5)19-11-10-12(2)3;1-3-4-2/h7,10-11,15H,2,4,8-9H2,1,3,5-6H3;3H2,1-2H3/b11-10-,17-16-,18-7-,19-14-;. The van der Waals surface area contributed by atoms with Crippen LogP contribution >= 0.6 is 0 Å². The van der Waals surface area contributed by atoms with E-state index in [1.807, 2.05) is 33.8 Å². The average Bonchev–Trinajstić information content (AvgIpc) is 3.39. The minimum Gasteiger partial charge on any atom is -0.481 e. The van der Waals surface area contributed by atoms with Gasteiger partial charge in [-0.15, -0.1) is 0 Å². The van der Waals surface area contributed by atoms with E-state index in [1.54, 1.807) is 26.6 Å². The van der Waals surface area contributed by atoms with Crippen LogP contribution in [-0.2, 0) is 9.47 Å². The molecule has 0 bridgehead atoms. The molecule has 0 heterocycles. The maximum absolute atomic E-state index is 5.40. The van der Waals surface area contributed by atoms with Crippen molar-refractivity contribution in [3.8, 4) is 0 Å². The van der Waals surface area contributed by atoms with Crippen molar-refractivity contribution in [2.45, 2.75) is 40.5 Å². The van der Waals surface area contributed by atoms with E-state index < -0.39 is 0 Å². The fourth-order valence-electron chi connectivity index (χ4n) is 1.84. The summed E-state index contributed by atoms with van der Waals surface area (Å²) in [4.78, 5) is 8.74. The Bertz CT molecular complexity index is 534. The Morgan fingerprint density at radius 3 is 2.17 bits per heavy atom. The summed E-state index contributed by atoms with van der Waals surface area (Å²) in [5.74, 6) is 1.12. The van der Waals surface area contributed by atoms with E-state index in [9.17, 15) is 0 Å². The summed E-state index contributed by atoms with van der Waals surface area (Å²) in [6.45, 7) is 16.5. The molecule has 0 aromatic carbocycles. The molecular weight excluding hydrogens is 300 g/mol. The van der Waals surface area contributed by atoms with Crippen molar-refractivity contribution < 1.29 is 9.47 Å². The molecule has 1 aliphatic rings. The van der Waals surface area contributed by atoms with Gasteiger partial charge in [-0.05, 0) is 58.1 Å². The highest BCUT2D eigenvalue weighted by molar-refractivity contribution is 6.03. The van der Waals surface area contributed by atoms with Crippen molar-refractivity contribution in [2.75, 3.05) is 20.8 Å². The molecule has 1 aliphatic carbocycles. The molecule has 0 saturated heterocycles. The summed E-state index contributed by atoms with van der Waals surface area (Å²) in [7, 11) is 3.31. The van der Waals surface area contributed by atoms with Gasteiger partial charge < -0.3 is 9.47 Å². The summed E-state index contributed by atoms with van der Waals surface area (Å²) >= 11 is 0. The van der Waals surface area contributed by atoms with Gasteiger partial charge >= 0.3 is 0 Å². The van der Waals surface area contributed by atoms with Crippen molar-refractivity contribution in [3.63, 3.8) is 0 Å². The zero-order valence-corrected chi connectivity index (χ0v) is 16.1. The second-order valence-corrected chi connectivity index (χ2v) is 5.53. The Balaban J connectivity index is 0.00000118. The fraction of sp³-hybridized carbons (Fsp3) is 0.500. The van der Waals surface area contributed by atoms with Crippen LogP contribution in [0, 0.1) is 5.92 Å². The number of allylic oxidation sites excluding steroid dienone is 4. The monoisotopic (exact) mass is 332 g/mol. The number of rotatable bonds is 8. The number of hydrogen-bond donors (Lipinski definition) is 0. The zero-order valence-electron chi connectivity index (χ0n) is 16.1. The van der Waals surface area contributed by atoms with E-state index in [0.717, 1.165) is 29.0 Å². The second-order valence-electron chi connectivity index (χ2n) is 5.53. The van der Waals surface area contributed by atoms with Crippen LogP contribution in [0.25, 0.3) is 0 Å². The van der Waals surface area contributed by atoms with Gasteiger partial charge in [-0.2, -0.15) is 0 Å². The first-order valence-electron chi connectivity index (χ1n) is 8.24. The van der Waals surface area contributed by atoms with Gasteiger partial charge in [0.05, 0.1) is 18.4 Å². The van der Waals surface area contributed by atoms with E-state index >= 15 is 0 Å². The minimum absolute atomic E-state index is 0.539. The van der Waals surface area contributed by atoms with Gasteiger partial charge in [-0.1, -0.05) is 18.7 Å². The Morgan fingerprint density at radius 2 is 1.79 bits per heavy atom. The fourth-order valence-corrected chi connectivity index (χ4v) is 1.84. The van der Waals surface area contributed by atoms with Crippen LogP contribution in [0.15, 0.2) is 58.0 Å². The lowest BCUT2D eigenvalue weighted by atomic mass is 9.99. The quantitative estimate of drug-likeness (QED) is 0.352. The van der Waals surface area contributed by atoms with Crippen LogP contribution in [0.2, 0.25) is 0 Å². The first-order valence-corrected chi connectivity index (χ1v) is 8.24. The molecule has 0 radical (unpaired) electrons. The molecule has 24 heavy (non-hydrogen) atoms. The average molecular weight is 332 g/mol. The van der Waals surface area contributed by atoms with Gasteiger partial charge in [-0.3, -0.25) is 4.99 Å². The van der Waals surface area contributed by atoms with Crippen LogP contribution in [0.3, 0.4) is 0 Å². The molecule has 134 valence electrons. The molecule has 0 aliphatic heterocycles. The number of methoxy groups -OCH3 is 2. The Labute approximate surface area is 147 Å². The Hall–Kier alpha value is -1.94. The number of ether oxygens (including phenoxy) is 2. The van der Waals surface area contributed by atoms with Crippen molar-refractivity contribution in [1.82, 2.24) is 0 Å². The van der Waals surface area contributed by atoms with E-state index in [1.165, 1.54) is 12.8 Å². The van der Waals surface area contributed by atoms with E-state index in [0.29, 0.717) is 11.8 Å². The van der Waals surface area contributed by atoms with Crippen molar-refractivity contribution >= 4 is 11.9 Å². The molecule has 0 aromatic rings. The van der Waals surface area contributed by atoms with Crippen LogP contribution in [0.5, 0.6) is 0 Å². The number of nitrogens with zero attached hydrogens (tertiary/aromatic N) is 2. The van der Waals surface area contributed by atoms with Gasteiger partial charge in [0.15, 0.2) is 0 Å². The van der Waals surface area contributed by atoms with Gasteiger partial charge in [-0.25, -0.2) is 4.99 Å². The normalized spacial score (nSPS) is 15.8. The highest BCUT2D eigenvalue weighted by Gasteiger charge is 2.29. The number of hydrogen-bond acceptors (Lipinski definition) is 4. The molecule has 4 nitrogen and oxygen atoms in total. The predicted molar refractivity (Wildman–Crippen MR) is 105 cm³/mol. The van der Waals surface area contributed by atoms with Crippen LogP contribution in [0.1, 0.15) is 40.5 Å². The molecule has 4 heteroatoms. The zero-order chi connectivity index (χ0) is 18.5. The highest BCUT2D eigenvalue weighted by Crippen LogP contribution is 2.40. The number of aliphatic imine (C=N–C) groups is 2. The molecule has 1 saturated carbocycles. The first-order chi connectivity index (χ1) is 11.4. The lowest BCUT2D eigenvalue weighted by Gasteiger charge is -2.13. The van der Waals surface area contributed by atoms with Crippen molar-refractivity contribution in [1.29, 1.82) is 0 Å². The van der Waals surface area contributed by atoms with Crippen LogP contribution in [-0.4, -0.2) is 32.8 Å². The third kappa shape index (κ3) is 8.63. The largest absolute Gasteiger partial charge is 0.481 e. The van der Waals surface area contributed by atoms with Gasteiger partial charge in [0.2, 0.25) is 5.88 Å². The molecule has 1 rings (SSSR count). The molecule has 0 aromatic heterocycles. The molecule has 0 amide bonds. The maximum atomic E-state index is 5.40. The molecule has 0 spiro atoms. The lowest BCUT2D eigenvalue weighted by molar-refractivity contribution is 0.215. The molecule has 1 fully saturated rings. The second kappa shape index (κ2) is 12.5. The van der Waals surface area contributed by atoms with Crippen molar-refractivity contribution in [3.05, 3.63) is 48.0 Å². The molecule has 0 atom stereocenters. The highest BCUT2D eigenvalue weighted by atomic mass is 16.5. The molecular formula is C20H32N2O2. The summed E-state index contributed by atoms with van der Waals surface area (Å²) in [5, 5.41) is 0.